The van der Waals surface area contributed by atoms with E-state index in [1.807, 2.05) is 7.05 Å². The summed E-state index contributed by atoms with van der Waals surface area (Å²) in [5, 5.41) is 9.03. The molecular formula is C17H20BrN3S. The molecule has 1 saturated carbocycles. The lowest BCUT2D eigenvalue weighted by molar-refractivity contribution is 0.783. The van der Waals surface area contributed by atoms with Crippen molar-refractivity contribution in [3.8, 4) is 0 Å². The summed E-state index contributed by atoms with van der Waals surface area (Å²) < 4.78 is 1.13. The molecule has 0 spiro atoms. The number of halogens is 1. The van der Waals surface area contributed by atoms with Gasteiger partial charge in [0, 0.05) is 34.9 Å². The van der Waals surface area contributed by atoms with Crippen molar-refractivity contribution in [2.24, 2.45) is 4.99 Å². The van der Waals surface area contributed by atoms with Crippen LogP contribution in [0.1, 0.15) is 22.8 Å². The van der Waals surface area contributed by atoms with Crippen LogP contribution < -0.4 is 10.6 Å². The molecule has 2 aromatic rings. The van der Waals surface area contributed by atoms with Crippen LogP contribution >= 0.6 is 27.3 Å². The number of thiophene rings is 1. The predicted octanol–water partition coefficient (Wildman–Crippen LogP) is 3.77. The summed E-state index contributed by atoms with van der Waals surface area (Å²) in [7, 11) is 1.83. The summed E-state index contributed by atoms with van der Waals surface area (Å²) in [6, 6.07) is 13.4. The van der Waals surface area contributed by atoms with Crippen LogP contribution in [0.4, 0.5) is 0 Å². The van der Waals surface area contributed by atoms with E-state index in [0.29, 0.717) is 12.0 Å². The van der Waals surface area contributed by atoms with Crippen molar-refractivity contribution >= 4 is 33.2 Å². The largest absolute Gasteiger partial charge is 0.356 e. The Morgan fingerprint density at radius 3 is 2.82 bits per heavy atom. The van der Waals surface area contributed by atoms with Gasteiger partial charge >= 0.3 is 0 Å². The van der Waals surface area contributed by atoms with E-state index >= 15 is 0 Å². The van der Waals surface area contributed by atoms with E-state index < -0.39 is 0 Å². The van der Waals surface area contributed by atoms with Gasteiger partial charge in [-0.2, -0.15) is 0 Å². The second kappa shape index (κ2) is 7.29. The van der Waals surface area contributed by atoms with Crippen LogP contribution in [0.2, 0.25) is 0 Å². The molecule has 3 nitrogen and oxygen atoms in total. The molecule has 3 rings (SSSR count). The monoisotopic (exact) mass is 377 g/mol. The van der Waals surface area contributed by atoms with Crippen LogP contribution in [-0.2, 0) is 6.42 Å². The maximum atomic E-state index is 4.32. The molecule has 0 bridgehead atoms. The minimum Gasteiger partial charge on any atom is -0.356 e. The minimum atomic E-state index is 0.495. The Morgan fingerprint density at radius 2 is 2.14 bits per heavy atom. The van der Waals surface area contributed by atoms with E-state index in [1.54, 1.807) is 11.3 Å². The molecule has 1 aromatic carbocycles. The second-order valence-corrected chi connectivity index (χ2v) is 7.42. The number of nitrogens with zero attached hydrogens (tertiary/aromatic N) is 1. The van der Waals surface area contributed by atoms with E-state index in [1.165, 1.54) is 16.9 Å². The molecule has 1 heterocycles. The number of benzene rings is 1. The van der Waals surface area contributed by atoms with Gasteiger partial charge in [0.2, 0.25) is 0 Å². The van der Waals surface area contributed by atoms with Crippen LogP contribution in [0.25, 0.3) is 0 Å². The summed E-state index contributed by atoms with van der Waals surface area (Å²) in [5.41, 5.74) is 1.40. The van der Waals surface area contributed by atoms with E-state index in [2.05, 4.69) is 73.3 Å². The first-order valence-corrected chi connectivity index (χ1v) is 9.18. The molecule has 5 heteroatoms. The summed E-state index contributed by atoms with van der Waals surface area (Å²) in [6.07, 6.45) is 2.21. The molecule has 116 valence electrons. The molecule has 1 aliphatic rings. The fraction of sp³-hybridized carbons (Fsp3) is 0.353. The van der Waals surface area contributed by atoms with E-state index in [9.17, 15) is 0 Å². The minimum absolute atomic E-state index is 0.495. The molecular weight excluding hydrogens is 358 g/mol. The number of rotatable bonds is 5. The Labute approximate surface area is 144 Å². The maximum absolute atomic E-state index is 4.32. The molecule has 0 aliphatic heterocycles. The summed E-state index contributed by atoms with van der Waals surface area (Å²) >= 11 is 5.29. The van der Waals surface area contributed by atoms with Crippen molar-refractivity contribution in [3.05, 3.63) is 56.7 Å². The Balaban J connectivity index is 1.45. The summed E-state index contributed by atoms with van der Waals surface area (Å²) in [4.78, 5) is 5.72. The van der Waals surface area contributed by atoms with Crippen molar-refractivity contribution in [2.45, 2.75) is 24.8 Å². The van der Waals surface area contributed by atoms with Gasteiger partial charge < -0.3 is 10.6 Å². The first-order chi connectivity index (χ1) is 10.8. The quantitative estimate of drug-likeness (QED) is 0.614. The Bertz CT molecular complexity index is 622. The molecule has 1 aliphatic carbocycles. The number of guanidine groups is 1. The molecule has 2 unspecified atom stereocenters. The lowest BCUT2D eigenvalue weighted by Crippen LogP contribution is -2.39. The Morgan fingerprint density at radius 1 is 1.32 bits per heavy atom. The van der Waals surface area contributed by atoms with E-state index in [-0.39, 0.29) is 0 Å². The lowest BCUT2D eigenvalue weighted by Gasteiger charge is -2.11. The number of aliphatic imine (C=N–C) groups is 1. The molecule has 0 amide bonds. The van der Waals surface area contributed by atoms with Gasteiger partial charge in [0.05, 0.1) is 0 Å². The zero-order chi connectivity index (χ0) is 15.4. The molecule has 1 aromatic heterocycles. The molecule has 22 heavy (non-hydrogen) atoms. The fourth-order valence-corrected chi connectivity index (χ4v) is 3.54. The van der Waals surface area contributed by atoms with Gasteiger partial charge in [-0.15, -0.1) is 11.3 Å². The smallest absolute Gasteiger partial charge is 0.191 e. The Kier molecular flexibility index (Phi) is 5.16. The van der Waals surface area contributed by atoms with Crippen molar-refractivity contribution < 1.29 is 0 Å². The Hall–Kier alpha value is -1.33. The highest BCUT2D eigenvalue weighted by Crippen LogP contribution is 2.40. The average Bonchev–Trinajstić information content (AvgIpc) is 3.09. The van der Waals surface area contributed by atoms with Gasteiger partial charge in [-0.1, -0.05) is 34.1 Å². The van der Waals surface area contributed by atoms with Crippen LogP contribution in [0.5, 0.6) is 0 Å². The zero-order valence-electron chi connectivity index (χ0n) is 12.6. The van der Waals surface area contributed by atoms with Crippen molar-refractivity contribution in [3.63, 3.8) is 0 Å². The van der Waals surface area contributed by atoms with Gasteiger partial charge in [0.25, 0.3) is 0 Å². The van der Waals surface area contributed by atoms with Gasteiger partial charge in [-0.3, -0.25) is 4.99 Å². The van der Waals surface area contributed by atoms with E-state index in [4.69, 9.17) is 0 Å². The molecule has 2 N–H and O–H groups in total. The first-order valence-electron chi connectivity index (χ1n) is 7.51. The number of nitrogens with one attached hydrogen (secondary N) is 2. The number of hydrogen-bond acceptors (Lipinski definition) is 2. The lowest BCUT2D eigenvalue weighted by atomic mass is 10.1. The van der Waals surface area contributed by atoms with Crippen LogP contribution in [0, 0.1) is 0 Å². The van der Waals surface area contributed by atoms with Crippen molar-refractivity contribution in [2.75, 3.05) is 13.6 Å². The fourth-order valence-electron chi connectivity index (χ4n) is 2.56. The van der Waals surface area contributed by atoms with Crippen molar-refractivity contribution in [1.29, 1.82) is 0 Å². The molecule has 2 atom stereocenters. The van der Waals surface area contributed by atoms with Gasteiger partial charge in [0.1, 0.15) is 0 Å². The second-order valence-electron chi connectivity index (χ2n) is 5.47. The summed E-state index contributed by atoms with van der Waals surface area (Å²) in [5.74, 6) is 1.50. The van der Waals surface area contributed by atoms with Crippen molar-refractivity contribution in [1.82, 2.24) is 10.6 Å². The highest BCUT2D eigenvalue weighted by Gasteiger charge is 2.38. The van der Waals surface area contributed by atoms with Crippen LogP contribution in [0.3, 0.4) is 0 Å². The molecule has 0 saturated heterocycles. The number of hydrogen-bond donors (Lipinski definition) is 2. The zero-order valence-corrected chi connectivity index (χ0v) is 15.0. The third kappa shape index (κ3) is 4.11. The molecule has 0 radical (unpaired) electrons. The van der Waals surface area contributed by atoms with Gasteiger partial charge in [0.15, 0.2) is 5.96 Å². The van der Waals surface area contributed by atoms with E-state index in [0.717, 1.165) is 23.4 Å². The highest BCUT2D eigenvalue weighted by molar-refractivity contribution is 9.10. The van der Waals surface area contributed by atoms with Gasteiger partial charge in [-0.05, 0) is 42.0 Å². The third-order valence-corrected chi connectivity index (χ3v) is 5.34. The average molecular weight is 378 g/mol. The maximum Gasteiger partial charge on any atom is 0.191 e. The third-order valence-electron chi connectivity index (χ3n) is 3.88. The van der Waals surface area contributed by atoms with Gasteiger partial charge in [-0.25, -0.2) is 0 Å². The summed E-state index contributed by atoms with van der Waals surface area (Å²) in [6.45, 7) is 0.913. The van der Waals surface area contributed by atoms with Crippen LogP contribution in [-0.4, -0.2) is 25.6 Å². The topological polar surface area (TPSA) is 36.4 Å². The first kappa shape index (κ1) is 15.6. The highest BCUT2D eigenvalue weighted by atomic mass is 79.9. The normalized spacial score (nSPS) is 20.7. The predicted molar refractivity (Wildman–Crippen MR) is 97.8 cm³/mol. The SMILES string of the molecule is CN=C(NCCc1cccs1)NC1CC1c1ccc(Br)cc1. The molecule has 1 fully saturated rings. The van der Waals surface area contributed by atoms with Crippen LogP contribution in [0.15, 0.2) is 51.2 Å². The standard InChI is InChI=1S/C17H20BrN3S/c1-19-17(20-9-8-14-3-2-10-22-14)21-16-11-15(16)12-4-6-13(18)7-5-12/h2-7,10,15-16H,8-9,11H2,1H3,(H2,19,20,21).